The zero-order valence-corrected chi connectivity index (χ0v) is 15.1. The first-order chi connectivity index (χ1) is 11.1. The van der Waals surface area contributed by atoms with Crippen LogP contribution in [0, 0.1) is 6.92 Å². The molecule has 1 saturated heterocycles. The Hall–Kier alpha value is -0.900. The van der Waals surface area contributed by atoms with Gasteiger partial charge >= 0.3 is 0 Å². The lowest BCUT2D eigenvalue weighted by Gasteiger charge is -2.24. The number of ether oxygens (including phenoxy) is 1. The van der Waals surface area contributed by atoms with Crippen molar-refractivity contribution in [1.29, 1.82) is 0 Å². The summed E-state index contributed by atoms with van der Waals surface area (Å²) in [7, 11) is 0. The molecule has 130 valence electrons. The largest absolute Gasteiger partial charge is 0.389 e. The maximum atomic E-state index is 10.3. The second-order valence-corrected chi connectivity index (χ2v) is 6.84. The van der Waals surface area contributed by atoms with Crippen LogP contribution in [0.25, 0.3) is 0 Å². The molecular formula is C20H33NO2. The van der Waals surface area contributed by atoms with E-state index in [2.05, 4.69) is 43.9 Å². The average Bonchev–Trinajstić information content (AvgIpc) is 3.02. The first-order valence-electron chi connectivity index (χ1n) is 9.25. The highest BCUT2D eigenvalue weighted by molar-refractivity contribution is 5.33. The van der Waals surface area contributed by atoms with Crippen LogP contribution in [0.1, 0.15) is 62.3 Å². The van der Waals surface area contributed by atoms with E-state index in [1.165, 1.54) is 29.5 Å². The van der Waals surface area contributed by atoms with Gasteiger partial charge in [-0.05, 0) is 56.8 Å². The Morgan fingerprint density at radius 2 is 1.96 bits per heavy atom. The number of hydrogen-bond acceptors (Lipinski definition) is 3. The summed E-state index contributed by atoms with van der Waals surface area (Å²) in [4.78, 5) is 2.34. The van der Waals surface area contributed by atoms with Crippen LogP contribution in [0.3, 0.4) is 0 Å². The molecule has 1 aromatic carbocycles. The minimum atomic E-state index is -0.387. The van der Waals surface area contributed by atoms with Crippen molar-refractivity contribution in [2.24, 2.45) is 0 Å². The lowest BCUT2D eigenvalue weighted by Crippen LogP contribution is -2.33. The first-order valence-corrected chi connectivity index (χ1v) is 9.25. The Morgan fingerprint density at radius 1 is 1.22 bits per heavy atom. The van der Waals surface area contributed by atoms with Crippen LogP contribution in [0.15, 0.2) is 18.2 Å². The van der Waals surface area contributed by atoms with Crippen molar-refractivity contribution in [1.82, 2.24) is 4.90 Å². The summed E-state index contributed by atoms with van der Waals surface area (Å²) in [6.07, 6.45) is 5.39. The van der Waals surface area contributed by atoms with Crippen molar-refractivity contribution in [2.45, 2.75) is 65.1 Å². The number of aryl methyl sites for hydroxylation is 2. The number of aliphatic hydroxyl groups is 1. The highest BCUT2D eigenvalue weighted by Crippen LogP contribution is 2.27. The standard InChI is InChI=1S/C20H33NO2/c1-4-8-17-13-16(3)9-10-19(17)20(5-2)23-15-18(22)14-21-11-6-7-12-21/h9-10,13,18,20,22H,4-8,11-12,14-15H2,1-3H3. The van der Waals surface area contributed by atoms with Crippen molar-refractivity contribution < 1.29 is 9.84 Å². The number of rotatable bonds is 9. The molecule has 3 heteroatoms. The Bertz CT molecular complexity index is 469. The SMILES string of the molecule is CCCc1cc(C)ccc1C(CC)OCC(O)CN1CCCC1. The molecule has 1 aromatic rings. The molecule has 0 aromatic heterocycles. The van der Waals surface area contributed by atoms with Crippen LogP contribution in [0.2, 0.25) is 0 Å². The summed E-state index contributed by atoms with van der Waals surface area (Å²) in [5, 5.41) is 10.3. The fraction of sp³-hybridized carbons (Fsp3) is 0.700. The third-order valence-electron chi connectivity index (χ3n) is 4.69. The summed E-state index contributed by atoms with van der Waals surface area (Å²) in [5.41, 5.74) is 4.00. The molecule has 23 heavy (non-hydrogen) atoms. The molecule has 0 aliphatic carbocycles. The van der Waals surface area contributed by atoms with Crippen molar-refractivity contribution in [3.8, 4) is 0 Å². The highest BCUT2D eigenvalue weighted by atomic mass is 16.5. The van der Waals surface area contributed by atoms with E-state index in [1.807, 2.05) is 0 Å². The minimum absolute atomic E-state index is 0.0883. The molecule has 2 unspecified atom stereocenters. The van der Waals surface area contributed by atoms with E-state index in [0.717, 1.165) is 38.9 Å². The van der Waals surface area contributed by atoms with Gasteiger partial charge in [-0.15, -0.1) is 0 Å². The molecule has 0 amide bonds. The monoisotopic (exact) mass is 319 g/mol. The van der Waals surface area contributed by atoms with Crippen LogP contribution in [0.5, 0.6) is 0 Å². The van der Waals surface area contributed by atoms with Gasteiger partial charge in [-0.25, -0.2) is 0 Å². The van der Waals surface area contributed by atoms with Gasteiger partial charge in [0.2, 0.25) is 0 Å². The predicted octanol–water partition coefficient (Wildman–Crippen LogP) is 3.87. The topological polar surface area (TPSA) is 32.7 Å². The van der Waals surface area contributed by atoms with E-state index in [4.69, 9.17) is 4.74 Å². The van der Waals surface area contributed by atoms with Gasteiger partial charge in [0.25, 0.3) is 0 Å². The van der Waals surface area contributed by atoms with Gasteiger partial charge in [0, 0.05) is 6.54 Å². The first kappa shape index (κ1) is 18.4. The molecule has 3 nitrogen and oxygen atoms in total. The minimum Gasteiger partial charge on any atom is -0.389 e. The number of nitrogens with zero attached hydrogens (tertiary/aromatic N) is 1. The lowest BCUT2D eigenvalue weighted by molar-refractivity contribution is -0.0218. The van der Waals surface area contributed by atoms with Crippen LogP contribution >= 0.6 is 0 Å². The third-order valence-corrected chi connectivity index (χ3v) is 4.69. The summed E-state index contributed by atoms with van der Waals surface area (Å²) < 4.78 is 6.10. The molecule has 0 radical (unpaired) electrons. The molecule has 1 N–H and O–H groups in total. The van der Waals surface area contributed by atoms with E-state index >= 15 is 0 Å². The highest BCUT2D eigenvalue weighted by Gasteiger charge is 2.19. The van der Waals surface area contributed by atoms with E-state index in [0.29, 0.717) is 6.61 Å². The molecule has 0 saturated carbocycles. The quantitative estimate of drug-likeness (QED) is 0.750. The molecule has 1 aliphatic rings. The van der Waals surface area contributed by atoms with Crippen molar-refractivity contribution in [2.75, 3.05) is 26.2 Å². The van der Waals surface area contributed by atoms with Gasteiger partial charge < -0.3 is 14.7 Å². The average molecular weight is 319 g/mol. The number of aliphatic hydroxyl groups excluding tert-OH is 1. The lowest BCUT2D eigenvalue weighted by atomic mass is 9.95. The zero-order chi connectivity index (χ0) is 16.7. The molecular weight excluding hydrogens is 286 g/mol. The van der Waals surface area contributed by atoms with Crippen LogP contribution < -0.4 is 0 Å². The number of likely N-dealkylation sites (tertiary alicyclic amines) is 1. The second-order valence-electron chi connectivity index (χ2n) is 6.84. The number of β-amino-alcohol motifs (C(OH)–C–C–N with tert-alkyl or cyclic N) is 1. The van der Waals surface area contributed by atoms with Crippen LogP contribution in [-0.2, 0) is 11.2 Å². The Morgan fingerprint density at radius 3 is 2.61 bits per heavy atom. The smallest absolute Gasteiger partial charge is 0.0900 e. The van der Waals surface area contributed by atoms with Gasteiger partial charge in [-0.2, -0.15) is 0 Å². The molecule has 2 rings (SSSR count). The van der Waals surface area contributed by atoms with Gasteiger partial charge in [-0.1, -0.05) is 44.0 Å². The summed E-state index contributed by atoms with van der Waals surface area (Å²) in [5.74, 6) is 0. The summed E-state index contributed by atoms with van der Waals surface area (Å²) in [6.45, 7) is 9.92. The van der Waals surface area contributed by atoms with E-state index < -0.39 is 0 Å². The Balaban J connectivity index is 1.93. The Kier molecular flexibility index (Phi) is 7.54. The van der Waals surface area contributed by atoms with Gasteiger partial charge in [0.15, 0.2) is 0 Å². The third kappa shape index (κ3) is 5.59. The maximum absolute atomic E-state index is 10.3. The fourth-order valence-electron chi connectivity index (χ4n) is 3.51. The number of hydrogen-bond donors (Lipinski definition) is 1. The Labute approximate surface area is 141 Å². The number of benzene rings is 1. The molecule has 1 aliphatic heterocycles. The molecule has 1 heterocycles. The van der Waals surface area contributed by atoms with Gasteiger partial charge in [0.05, 0.1) is 18.8 Å². The molecule has 0 spiro atoms. The van der Waals surface area contributed by atoms with E-state index in [1.54, 1.807) is 0 Å². The van der Waals surface area contributed by atoms with E-state index in [9.17, 15) is 5.11 Å². The fourth-order valence-corrected chi connectivity index (χ4v) is 3.51. The summed E-state index contributed by atoms with van der Waals surface area (Å²) >= 11 is 0. The van der Waals surface area contributed by atoms with Gasteiger partial charge in [-0.3, -0.25) is 0 Å². The van der Waals surface area contributed by atoms with Crippen LogP contribution in [0.4, 0.5) is 0 Å². The molecule has 1 fully saturated rings. The normalized spacial score (nSPS) is 18.3. The molecule has 2 atom stereocenters. The van der Waals surface area contributed by atoms with Crippen LogP contribution in [-0.4, -0.2) is 42.4 Å². The zero-order valence-electron chi connectivity index (χ0n) is 15.1. The second kappa shape index (κ2) is 9.41. The summed E-state index contributed by atoms with van der Waals surface area (Å²) in [6, 6.07) is 6.66. The van der Waals surface area contributed by atoms with Crippen molar-refractivity contribution in [3.63, 3.8) is 0 Å². The maximum Gasteiger partial charge on any atom is 0.0900 e. The van der Waals surface area contributed by atoms with Crippen molar-refractivity contribution >= 4 is 0 Å². The van der Waals surface area contributed by atoms with Gasteiger partial charge in [0.1, 0.15) is 0 Å². The molecule has 0 bridgehead atoms. The predicted molar refractivity (Wildman–Crippen MR) is 95.8 cm³/mol. The van der Waals surface area contributed by atoms with E-state index in [-0.39, 0.29) is 12.2 Å². The van der Waals surface area contributed by atoms with Crippen molar-refractivity contribution in [3.05, 3.63) is 34.9 Å².